The summed E-state index contributed by atoms with van der Waals surface area (Å²) < 4.78 is 5.20. The second-order valence-corrected chi connectivity index (χ2v) is 7.85. The highest BCUT2D eigenvalue weighted by molar-refractivity contribution is 6.05. The summed E-state index contributed by atoms with van der Waals surface area (Å²) in [4.78, 5) is 50.5. The number of nitrogens with zero attached hydrogens (tertiary/aromatic N) is 1. The quantitative estimate of drug-likeness (QED) is 0.560. The largest absolute Gasteiger partial charge is 0.452 e. The number of hydrogen-bond donors (Lipinski definition) is 1. The van der Waals surface area contributed by atoms with Crippen molar-refractivity contribution in [2.24, 2.45) is 11.8 Å². The first kappa shape index (κ1) is 21.0. The van der Waals surface area contributed by atoms with Crippen LogP contribution in [0.2, 0.25) is 0 Å². The Hall–Kier alpha value is -2.70. The Bertz CT molecular complexity index is 755. The molecule has 0 radical (unpaired) electrons. The van der Waals surface area contributed by atoms with Gasteiger partial charge in [-0.05, 0) is 32.3 Å². The summed E-state index contributed by atoms with van der Waals surface area (Å²) in [6.45, 7) is 3.37. The first-order valence-electron chi connectivity index (χ1n) is 10.3. The molecule has 156 valence electrons. The molecule has 1 saturated heterocycles. The van der Waals surface area contributed by atoms with Crippen molar-refractivity contribution in [1.29, 1.82) is 0 Å². The molecule has 2 aliphatic rings. The van der Waals surface area contributed by atoms with Gasteiger partial charge in [-0.15, -0.1) is 0 Å². The minimum atomic E-state index is -0.957. The van der Waals surface area contributed by atoms with E-state index in [9.17, 15) is 19.2 Å². The standard InChI is InChI=1S/C22H28N2O5/c1-14(16-8-4-3-5-9-16)23-20(26)15(2)29-19(25)12-13-24-21(27)17-10-6-7-11-18(17)22(24)28/h3-5,8-9,14-15,17-18H,6-7,10-13H2,1-2H3,(H,23,26)/t14-,15+,17-,18-/m1/s1. The van der Waals surface area contributed by atoms with E-state index in [1.54, 1.807) is 0 Å². The van der Waals surface area contributed by atoms with Crippen molar-refractivity contribution < 1.29 is 23.9 Å². The molecule has 1 aliphatic heterocycles. The maximum atomic E-state index is 12.4. The Labute approximate surface area is 170 Å². The van der Waals surface area contributed by atoms with Crippen molar-refractivity contribution in [3.05, 3.63) is 35.9 Å². The fourth-order valence-electron chi connectivity index (χ4n) is 4.12. The molecule has 3 amide bonds. The van der Waals surface area contributed by atoms with E-state index < -0.39 is 18.0 Å². The lowest BCUT2D eigenvalue weighted by Gasteiger charge is -2.19. The second-order valence-electron chi connectivity index (χ2n) is 7.85. The molecule has 4 atom stereocenters. The van der Waals surface area contributed by atoms with E-state index in [2.05, 4.69) is 5.32 Å². The molecule has 0 bridgehead atoms. The van der Waals surface area contributed by atoms with Crippen molar-refractivity contribution >= 4 is 23.7 Å². The van der Waals surface area contributed by atoms with Crippen LogP contribution in [-0.4, -0.2) is 41.2 Å². The first-order chi connectivity index (χ1) is 13.9. The van der Waals surface area contributed by atoms with Crippen molar-refractivity contribution in [3.8, 4) is 0 Å². The predicted molar refractivity (Wildman–Crippen MR) is 105 cm³/mol. The van der Waals surface area contributed by atoms with Crippen LogP contribution in [-0.2, 0) is 23.9 Å². The van der Waals surface area contributed by atoms with Gasteiger partial charge in [0.05, 0.1) is 24.3 Å². The Morgan fingerprint density at radius 2 is 1.66 bits per heavy atom. The van der Waals surface area contributed by atoms with Gasteiger partial charge in [0.25, 0.3) is 5.91 Å². The molecule has 7 heteroatoms. The molecule has 1 aromatic rings. The average molecular weight is 400 g/mol. The van der Waals surface area contributed by atoms with Crippen LogP contribution >= 0.6 is 0 Å². The van der Waals surface area contributed by atoms with Crippen LogP contribution in [0.5, 0.6) is 0 Å². The second kappa shape index (κ2) is 9.20. The van der Waals surface area contributed by atoms with Gasteiger partial charge in [-0.2, -0.15) is 0 Å². The number of rotatable bonds is 7. The summed E-state index contributed by atoms with van der Waals surface area (Å²) in [5, 5.41) is 2.81. The predicted octanol–water partition coefficient (Wildman–Crippen LogP) is 2.36. The van der Waals surface area contributed by atoms with E-state index in [0.717, 1.165) is 31.2 Å². The summed E-state index contributed by atoms with van der Waals surface area (Å²) >= 11 is 0. The maximum absolute atomic E-state index is 12.4. The number of carbonyl (C=O) groups is 4. The summed E-state index contributed by atoms with van der Waals surface area (Å²) in [6.07, 6.45) is 2.35. The van der Waals surface area contributed by atoms with Gasteiger partial charge in [0, 0.05) is 6.54 Å². The van der Waals surface area contributed by atoms with Crippen LogP contribution < -0.4 is 5.32 Å². The number of likely N-dealkylation sites (tertiary alicyclic amines) is 1. The summed E-state index contributed by atoms with van der Waals surface area (Å²) in [6, 6.07) is 9.27. The summed E-state index contributed by atoms with van der Waals surface area (Å²) in [7, 11) is 0. The fraction of sp³-hybridized carbons (Fsp3) is 0.545. The molecule has 7 nitrogen and oxygen atoms in total. The summed E-state index contributed by atoms with van der Waals surface area (Å²) in [5.74, 6) is -1.79. The topological polar surface area (TPSA) is 92.8 Å². The third-order valence-electron chi connectivity index (χ3n) is 5.81. The SMILES string of the molecule is C[C@H](OC(=O)CCN1C(=O)[C@@H]2CCCC[C@H]2C1=O)C(=O)N[C@H](C)c1ccccc1. The maximum Gasteiger partial charge on any atom is 0.308 e. The number of nitrogens with one attached hydrogen (secondary N) is 1. The van der Waals surface area contributed by atoms with Gasteiger partial charge in [-0.1, -0.05) is 43.2 Å². The molecule has 1 heterocycles. The van der Waals surface area contributed by atoms with Crippen molar-refractivity contribution in [2.45, 2.75) is 58.1 Å². The van der Waals surface area contributed by atoms with Crippen molar-refractivity contribution in [3.63, 3.8) is 0 Å². The highest BCUT2D eigenvalue weighted by Gasteiger charge is 2.47. The molecule has 1 saturated carbocycles. The molecular weight excluding hydrogens is 372 g/mol. The van der Waals surface area contributed by atoms with E-state index in [0.29, 0.717) is 0 Å². The number of esters is 1. The van der Waals surface area contributed by atoms with Gasteiger partial charge >= 0.3 is 5.97 Å². The molecule has 2 fully saturated rings. The molecule has 0 spiro atoms. The number of hydrogen-bond acceptors (Lipinski definition) is 5. The number of amides is 3. The van der Waals surface area contributed by atoms with Crippen LogP contribution in [0.25, 0.3) is 0 Å². The lowest BCUT2D eigenvalue weighted by atomic mass is 9.81. The molecular formula is C22H28N2O5. The van der Waals surface area contributed by atoms with Crippen LogP contribution in [0.15, 0.2) is 30.3 Å². The highest BCUT2D eigenvalue weighted by Crippen LogP contribution is 2.37. The molecule has 29 heavy (non-hydrogen) atoms. The zero-order valence-electron chi connectivity index (χ0n) is 16.9. The van der Waals surface area contributed by atoms with Gasteiger partial charge in [-0.3, -0.25) is 24.1 Å². The van der Waals surface area contributed by atoms with Gasteiger partial charge < -0.3 is 10.1 Å². The lowest BCUT2D eigenvalue weighted by molar-refractivity contribution is -0.155. The third kappa shape index (κ3) is 4.83. The molecule has 1 N–H and O–H groups in total. The van der Waals surface area contributed by atoms with E-state index >= 15 is 0 Å². The van der Waals surface area contributed by atoms with Gasteiger partial charge in [0.2, 0.25) is 11.8 Å². The van der Waals surface area contributed by atoms with Crippen molar-refractivity contribution in [2.75, 3.05) is 6.54 Å². The van der Waals surface area contributed by atoms with Gasteiger partial charge in [0.1, 0.15) is 0 Å². The van der Waals surface area contributed by atoms with Crippen LogP contribution in [0.4, 0.5) is 0 Å². The van der Waals surface area contributed by atoms with E-state index in [1.807, 2.05) is 37.3 Å². The Balaban J connectivity index is 1.46. The minimum Gasteiger partial charge on any atom is -0.452 e. The zero-order valence-corrected chi connectivity index (χ0v) is 16.9. The molecule has 1 aromatic carbocycles. The number of ether oxygens (including phenoxy) is 1. The van der Waals surface area contributed by atoms with Crippen LogP contribution in [0, 0.1) is 11.8 Å². The fourth-order valence-corrected chi connectivity index (χ4v) is 4.12. The lowest BCUT2D eigenvalue weighted by Crippen LogP contribution is -2.38. The van der Waals surface area contributed by atoms with E-state index in [-0.39, 0.29) is 42.7 Å². The Morgan fingerprint density at radius 1 is 1.07 bits per heavy atom. The van der Waals surface area contributed by atoms with E-state index in [1.165, 1.54) is 11.8 Å². The number of carbonyl (C=O) groups excluding carboxylic acids is 4. The number of fused-ring (bicyclic) bond motifs is 1. The number of imide groups is 1. The highest BCUT2D eigenvalue weighted by atomic mass is 16.5. The first-order valence-corrected chi connectivity index (χ1v) is 10.3. The normalized spacial score (nSPS) is 23.3. The smallest absolute Gasteiger partial charge is 0.308 e. The van der Waals surface area contributed by atoms with Crippen molar-refractivity contribution in [1.82, 2.24) is 10.2 Å². The zero-order chi connectivity index (χ0) is 21.0. The molecule has 3 rings (SSSR count). The summed E-state index contributed by atoms with van der Waals surface area (Å²) in [5.41, 5.74) is 0.951. The van der Waals surface area contributed by atoms with E-state index in [4.69, 9.17) is 4.74 Å². The minimum absolute atomic E-state index is 0.0122. The number of benzene rings is 1. The monoisotopic (exact) mass is 400 g/mol. The Kier molecular flexibility index (Phi) is 6.67. The molecule has 1 aliphatic carbocycles. The van der Waals surface area contributed by atoms with Gasteiger partial charge in [-0.25, -0.2) is 0 Å². The Morgan fingerprint density at radius 3 is 2.24 bits per heavy atom. The van der Waals surface area contributed by atoms with Gasteiger partial charge in [0.15, 0.2) is 6.10 Å². The average Bonchev–Trinajstić information content (AvgIpc) is 2.97. The molecule has 0 unspecified atom stereocenters. The molecule has 0 aromatic heterocycles. The third-order valence-corrected chi connectivity index (χ3v) is 5.81. The van der Waals surface area contributed by atoms with Crippen LogP contribution in [0.1, 0.15) is 57.6 Å². The van der Waals surface area contributed by atoms with Crippen LogP contribution in [0.3, 0.4) is 0 Å².